The third kappa shape index (κ3) is 2.87. The van der Waals surface area contributed by atoms with Crippen LogP contribution in [0.3, 0.4) is 0 Å². The number of hydrogen-bond acceptors (Lipinski definition) is 4. The smallest absolute Gasteiger partial charge is 0.270 e. The van der Waals surface area contributed by atoms with E-state index in [1.165, 1.54) is 12.1 Å². The Morgan fingerprint density at radius 3 is 2.65 bits per heavy atom. The number of anilines is 1. The van der Waals surface area contributed by atoms with Crippen LogP contribution in [-0.4, -0.2) is 24.2 Å². The van der Waals surface area contributed by atoms with Crippen molar-refractivity contribution in [3.05, 3.63) is 33.9 Å². The highest BCUT2D eigenvalue weighted by Gasteiger charge is 2.37. The maximum atomic E-state index is 13.0. The molecule has 0 spiro atoms. The van der Waals surface area contributed by atoms with Gasteiger partial charge in [-0.25, -0.2) is 8.78 Å². The van der Waals surface area contributed by atoms with Crippen molar-refractivity contribution in [2.45, 2.75) is 31.3 Å². The molecule has 2 rings (SSSR count). The number of methoxy groups -OCH3 is 1. The van der Waals surface area contributed by atoms with Gasteiger partial charge in [-0.3, -0.25) is 10.1 Å². The minimum absolute atomic E-state index is 0.217. The normalized spacial score (nSPS) is 16.8. The molecule has 0 aliphatic heterocycles. The van der Waals surface area contributed by atoms with Crippen LogP contribution in [0.5, 0.6) is 0 Å². The SMILES string of the molecule is COC1(CNc2ccc([N+](=O)[O-])cc2C(F)F)CCC1. The first-order valence-electron chi connectivity index (χ1n) is 6.33. The van der Waals surface area contributed by atoms with Crippen molar-refractivity contribution in [1.82, 2.24) is 0 Å². The number of nitro benzene ring substituents is 1. The van der Waals surface area contributed by atoms with Gasteiger partial charge in [-0.2, -0.15) is 0 Å². The van der Waals surface area contributed by atoms with E-state index >= 15 is 0 Å². The van der Waals surface area contributed by atoms with Crippen molar-refractivity contribution < 1.29 is 18.4 Å². The number of nitrogens with one attached hydrogen (secondary N) is 1. The summed E-state index contributed by atoms with van der Waals surface area (Å²) in [6.45, 7) is 0.418. The fourth-order valence-electron chi connectivity index (χ4n) is 2.29. The number of nitrogens with zero attached hydrogens (tertiary/aromatic N) is 1. The lowest BCUT2D eigenvalue weighted by atomic mass is 9.80. The van der Waals surface area contributed by atoms with E-state index in [-0.39, 0.29) is 22.5 Å². The van der Waals surface area contributed by atoms with E-state index in [1.807, 2.05) is 0 Å². The molecule has 0 radical (unpaired) electrons. The first-order chi connectivity index (χ1) is 9.47. The average Bonchev–Trinajstić information content (AvgIpc) is 2.37. The van der Waals surface area contributed by atoms with Gasteiger partial charge in [0, 0.05) is 37.0 Å². The second-order valence-corrected chi connectivity index (χ2v) is 4.92. The molecule has 1 fully saturated rings. The van der Waals surface area contributed by atoms with Crippen LogP contribution in [0.4, 0.5) is 20.2 Å². The Hall–Kier alpha value is -1.76. The lowest BCUT2D eigenvalue weighted by Crippen LogP contribution is -2.45. The van der Waals surface area contributed by atoms with Crippen LogP contribution in [0.2, 0.25) is 0 Å². The molecule has 1 aliphatic rings. The zero-order chi connectivity index (χ0) is 14.8. The Bertz CT molecular complexity index is 499. The quantitative estimate of drug-likeness (QED) is 0.642. The maximum absolute atomic E-state index is 13.0. The van der Waals surface area contributed by atoms with Gasteiger partial charge in [0.25, 0.3) is 12.1 Å². The second kappa shape index (κ2) is 5.70. The minimum atomic E-state index is -2.77. The molecule has 1 aliphatic carbocycles. The van der Waals surface area contributed by atoms with Gasteiger partial charge in [0.05, 0.1) is 10.5 Å². The van der Waals surface area contributed by atoms with Crippen LogP contribution in [-0.2, 0) is 4.74 Å². The van der Waals surface area contributed by atoms with Gasteiger partial charge < -0.3 is 10.1 Å². The first kappa shape index (κ1) is 14.6. The van der Waals surface area contributed by atoms with Gasteiger partial charge in [-0.05, 0) is 25.3 Å². The van der Waals surface area contributed by atoms with E-state index in [1.54, 1.807) is 7.11 Å². The van der Waals surface area contributed by atoms with Crippen LogP contribution in [0.25, 0.3) is 0 Å². The van der Waals surface area contributed by atoms with E-state index in [9.17, 15) is 18.9 Å². The number of rotatable bonds is 6. The Balaban J connectivity index is 2.16. The molecule has 1 aromatic carbocycles. The van der Waals surface area contributed by atoms with Gasteiger partial charge in [-0.15, -0.1) is 0 Å². The molecule has 0 atom stereocenters. The molecule has 0 aromatic heterocycles. The van der Waals surface area contributed by atoms with E-state index in [2.05, 4.69) is 5.32 Å². The molecular weight excluding hydrogens is 270 g/mol. The standard InChI is InChI=1S/C13H16F2N2O3/c1-20-13(5-2-6-13)8-16-11-4-3-9(17(18)19)7-10(11)12(14)15/h3-4,7,12,16H,2,5-6,8H2,1H3. The summed E-state index contributed by atoms with van der Waals surface area (Å²) in [6, 6.07) is 3.45. The largest absolute Gasteiger partial charge is 0.382 e. The number of benzene rings is 1. The molecule has 7 heteroatoms. The third-order valence-corrected chi connectivity index (χ3v) is 3.78. The molecule has 1 aromatic rings. The Labute approximate surface area is 115 Å². The van der Waals surface area contributed by atoms with Crippen molar-refractivity contribution in [3.63, 3.8) is 0 Å². The Kier molecular flexibility index (Phi) is 4.17. The number of nitro groups is 1. The van der Waals surface area contributed by atoms with Crippen molar-refractivity contribution in [3.8, 4) is 0 Å². The van der Waals surface area contributed by atoms with Gasteiger partial charge in [0.15, 0.2) is 0 Å². The number of hydrogen-bond donors (Lipinski definition) is 1. The summed E-state index contributed by atoms with van der Waals surface area (Å²) in [5, 5.41) is 13.6. The van der Waals surface area contributed by atoms with Crippen molar-refractivity contribution in [1.29, 1.82) is 0 Å². The predicted octanol–water partition coefficient (Wildman–Crippen LogP) is 3.51. The van der Waals surface area contributed by atoms with Crippen LogP contribution >= 0.6 is 0 Å². The summed E-state index contributed by atoms with van der Waals surface area (Å²) in [5.74, 6) is 0. The molecule has 110 valence electrons. The van der Waals surface area contributed by atoms with E-state index in [0.29, 0.717) is 6.54 Å². The molecule has 0 saturated heterocycles. The third-order valence-electron chi connectivity index (χ3n) is 3.78. The number of alkyl halides is 2. The Morgan fingerprint density at radius 1 is 1.50 bits per heavy atom. The minimum Gasteiger partial charge on any atom is -0.382 e. The number of halogens is 2. The molecule has 1 saturated carbocycles. The molecule has 0 amide bonds. The van der Waals surface area contributed by atoms with Crippen molar-refractivity contribution in [2.24, 2.45) is 0 Å². The lowest BCUT2D eigenvalue weighted by Gasteiger charge is -2.40. The van der Waals surface area contributed by atoms with Crippen LogP contribution in [0, 0.1) is 10.1 Å². The van der Waals surface area contributed by atoms with E-state index < -0.39 is 11.3 Å². The molecular formula is C13H16F2N2O3. The van der Waals surface area contributed by atoms with Gasteiger partial charge in [0.2, 0.25) is 0 Å². The maximum Gasteiger partial charge on any atom is 0.270 e. The van der Waals surface area contributed by atoms with Gasteiger partial charge >= 0.3 is 0 Å². The van der Waals surface area contributed by atoms with E-state index in [4.69, 9.17) is 4.74 Å². The predicted molar refractivity (Wildman–Crippen MR) is 70.1 cm³/mol. The zero-order valence-corrected chi connectivity index (χ0v) is 11.1. The summed E-state index contributed by atoms with van der Waals surface area (Å²) in [7, 11) is 1.60. The van der Waals surface area contributed by atoms with Crippen LogP contribution in [0.1, 0.15) is 31.3 Å². The summed E-state index contributed by atoms with van der Waals surface area (Å²) in [5.41, 5.74) is -0.782. The Morgan fingerprint density at radius 2 is 2.20 bits per heavy atom. The molecule has 0 heterocycles. The van der Waals surface area contributed by atoms with Gasteiger partial charge in [0.1, 0.15) is 0 Å². The van der Waals surface area contributed by atoms with Crippen molar-refractivity contribution >= 4 is 11.4 Å². The molecule has 5 nitrogen and oxygen atoms in total. The average molecular weight is 286 g/mol. The fourth-order valence-corrected chi connectivity index (χ4v) is 2.29. The van der Waals surface area contributed by atoms with E-state index in [0.717, 1.165) is 25.3 Å². The van der Waals surface area contributed by atoms with Crippen LogP contribution < -0.4 is 5.32 Å². The molecule has 1 N–H and O–H groups in total. The molecule has 0 bridgehead atoms. The lowest BCUT2D eigenvalue weighted by molar-refractivity contribution is -0.385. The van der Waals surface area contributed by atoms with Gasteiger partial charge in [-0.1, -0.05) is 0 Å². The summed E-state index contributed by atoms with van der Waals surface area (Å²) in [4.78, 5) is 9.94. The van der Waals surface area contributed by atoms with Crippen LogP contribution in [0.15, 0.2) is 18.2 Å². The topological polar surface area (TPSA) is 64.4 Å². The van der Waals surface area contributed by atoms with Crippen molar-refractivity contribution in [2.75, 3.05) is 19.0 Å². The number of ether oxygens (including phenoxy) is 1. The number of non-ortho nitro benzene ring substituents is 1. The highest BCUT2D eigenvalue weighted by molar-refractivity contribution is 5.56. The molecule has 0 unspecified atom stereocenters. The highest BCUT2D eigenvalue weighted by Crippen LogP contribution is 2.36. The zero-order valence-electron chi connectivity index (χ0n) is 11.1. The first-order valence-corrected chi connectivity index (χ1v) is 6.33. The second-order valence-electron chi connectivity index (χ2n) is 4.92. The summed E-state index contributed by atoms with van der Waals surface area (Å²) >= 11 is 0. The summed E-state index contributed by atoms with van der Waals surface area (Å²) < 4.78 is 31.3. The summed E-state index contributed by atoms with van der Waals surface area (Å²) in [6.07, 6.45) is 0.0515. The highest BCUT2D eigenvalue weighted by atomic mass is 19.3. The fraction of sp³-hybridized carbons (Fsp3) is 0.538. The monoisotopic (exact) mass is 286 g/mol. The molecule has 20 heavy (non-hydrogen) atoms.